The maximum atomic E-state index is 13.0. The summed E-state index contributed by atoms with van der Waals surface area (Å²) in [6, 6.07) is 13.0. The molecule has 0 spiro atoms. The van der Waals surface area contributed by atoms with Crippen LogP contribution in [0.4, 0.5) is 0 Å². The molecule has 2 aromatic heterocycles. The van der Waals surface area contributed by atoms with E-state index < -0.39 is 0 Å². The van der Waals surface area contributed by atoms with E-state index in [0.29, 0.717) is 17.7 Å². The van der Waals surface area contributed by atoms with Crippen molar-refractivity contribution in [3.05, 3.63) is 70.8 Å². The number of aromatic nitrogens is 3. The van der Waals surface area contributed by atoms with E-state index in [1.165, 1.54) is 23.0 Å². The van der Waals surface area contributed by atoms with Gasteiger partial charge in [0, 0.05) is 12.7 Å². The highest BCUT2D eigenvalue weighted by molar-refractivity contribution is 5.80. The summed E-state index contributed by atoms with van der Waals surface area (Å²) in [5.41, 5.74) is 3.11. The Morgan fingerprint density at radius 2 is 1.96 bits per heavy atom. The SMILES string of the molecule is O=C(Cn1c(=O)n(-c2ccccc2)c2ncccc21)NCCC1=CCCCC1. The minimum atomic E-state index is -0.259. The van der Waals surface area contributed by atoms with Gasteiger partial charge in [-0.3, -0.25) is 9.36 Å². The summed E-state index contributed by atoms with van der Waals surface area (Å²) >= 11 is 0. The summed E-state index contributed by atoms with van der Waals surface area (Å²) < 4.78 is 3.04. The van der Waals surface area contributed by atoms with Gasteiger partial charge in [-0.15, -0.1) is 0 Å². The maximum Gasteiger partial charge on any atom is 0.335 e. The number of nitrogens with zero attached hydrogens (tertiary/aromatic N) is 3. The Morgan fingerprint density at radius 1 is 1.11 bits per heavy atom. The molecule has 4 rings (SSSR count). The van der Waals surface area contributed by atoms with Crippen LogP contribution < -0.4 is 11.0 Å². The standard InChI is InChI=1S/C22H24N4O2/c27-20(23-15-13-17-8-3-1-4-9-17)16-25-19-12-7-14-24-21(19)26(22(25)28)18-10-5-2-6-11-18/h2,5-8,10-12,14H,1,3-4,9,13,15-16H2,(H,23,27). The molecule has 3 aromatic rings. The van der Waals surface area contributed by atoms with Gasteiger partial charge in [0.1, 0.15) is 6.54 Å². The average Bonchev–Trinajstić information content (AvgIpc) is 3.01. The first-order valence-electron chi connectivity index (χ1n) is 9.80. The molecule has 0 saturated heterocycles. The summed E-state index contributed by atoms with van der Waals surface area (Å²) in [6.45, 7) is 0.592. The number of nitrogens with one attached hydrogen (secondary N) is 1. The smallest absolute Gasteiger partial charge is 0.335 e. The van der Waals surface area contributed by atoms with Gasteiger partial charge in [0.15, 0.2) is 5.65 Å². The molecule has 6 heteroatoms. The summed E-state index contributed by atoms with van der Waals surface area (Å²) in [6.07, 6.45) is 9.60. The fourth-order valence-corrected chi connectivity index (χ4v) is 3.74. The lowest BCUT2D eigenvalue weighted by Crippen LogP contribution is -2.33. The van der Waals surface area contributed by atoms with Crippen LogP contribution in [-0.4, -0.2) is 26.6 Å². The average molecular weight is 376 g/mol. The zero-order chi connectivity index (χ0) is 19.3. The Balaban J connectivity index is 1.54. The first-order valence-corrected chi connectivity index (χ1v) is 9.80. The van der Waals surface area contributed by atoms with E-state index in [9.17, 15) is 9.59 Å². The van der Waals surface area contributed by atoms with Gasteiger partial charge in [0.25, 0.3) is 0 Å². The Labute approximate surface area is 163 Å². The Morgan fingerprint density at radius 3 is 2.75 bits per heavy atom. The molecule has 1 aliphatic carbocycles. The number of para-hydroxylation sites is 1. The number of hydrogen-bond donors (Lipinski definition) is 1. The molecule has 1 amide bonds. The lowest BCUT2D eigenvalue weighted by molar-refractivity contribution is -0.121. The Bertz CT molecular complexity index is 1060. The van der Waals surface area contributed by atoms with Gasteiger partial charge in [-0.1, -0.05) is 29.8 Å². The number of rotatable bonds is 6. The third-order valence-corrected chi connectivity index (χ3v) is 5.16. The molecule has 1 aromatic carbocycles. The van der Waals surface area contributed by atoms with Gasteiger partial charge in [0.05, 0.1) is 11.2 Å². The first-order chi connectivity index (χ1) is 13.7. The fourth-order valence-electron chi connectivity index (χ4n) is 3.74. The molecule has 1 aliphatic rings. The molecule has 0 fully saturated rings. The summed E-state index contributed by atoms with van der Waals surface area (Å²) in [4.78, 5) is 29.9. The predicted molar refractivity (Wildman–Crippen MR) is 110 cm³/mol. The van der Waals surface area contributed by atoms with Crippen molar-refractivity contribution in [3.8, 4) is 5.69 Å². The zero-order valence-electron chi connectivity index (χ0n) is 15.8. The second kappa shape index (κ2) is 8.25. The number of pyridine rings is 1. The van der Waals surface area contributed by atoms with E-state index in [0.717, 1.165) is 24.9 Å². The summed E-state index contributed by atoms with van der Waals surface area (Å²) in [5, 5.41) is 2.95. The molecule has 6 nitrogen and oxygen atoms in total. The third kappa shape index (κ3) is 3.76. The first kappa shape index (κ1) is 18.2. The van der Waals surface area contributed by atoms with E-state index in [-0.39, 0.29) is 18.1 Å². The number of amides is 1. The number of allylic oxidation sites excluding steroid dienone is 1. The fraction of sp³-hybridized carbons (Fsp3) is 0.318. The van der Waals surface area contributed by atoms with Gasteiger partial charge >= 0.3 is 5.69 Å². The van der Waals surface area contributed by atoms with Crippen LogP contribution in [0.2, 0.25) is 0 Å². The van der Waals surface area contributed by atoms with Crippen molar-refractivity contribution in [2.45, 2.75) is 38.6 Å². The van der Waals surface area contributed by atoms with Crippen LogP contribution >= 0.6 is 0 Å². The molecule has 0 aliphatic heterocycles. The quantitative estimate of drug-likeness (QED) is 0.672. The highest BCUT2D eigenvalue weighted by Crippen LogP contribution is 2.19. The maximum absolute atomic E-state index is 13.0. The van der Waals surface area contributed by atoms with Crippen LogP contribution in [0, 0.1) is 0 Å². The largest absolute Gasteiger partial charge is 0.354 e. The number of imidazole rings is 1. The second-order valence-corrected chi connectivity index (χ2v) is 7.09. The van der Waals surface area contributed by atoms with E-state index in [2.05, 4.69) is 16.4 Å². The van der Waals surface area contributed by atoms with Crippen molar-refractivity contribution in [1.29, 1.82) is 0 Å². The van der Waals surface area contributed by atoms with Gasteiger partial charge in [-0.05, 0) is 56.4 Å². The van der Waals surface area contributed by atoms with Crippen LogP contribution in [0.3, 0.4) is 0 Å². The molecular formula is C22H24N4O2. The molecule has 0 bridgehead atoms. The molecule has 2 heterocycles. The highest BCUT2D eigenvalue weighted by atomic mass is 16.2. The minimum Gasteiger partial charge on any atom is -0.354 e. The van der Waals surface area contributed by atoms with Gasteiger partial charge in [-0.25, -0.2) is 14.3 Å². The number of carbonyl (C=O) groups excluding carboxylic acids is 1. The second-order valence-electron chi connectivity index (χ2n) is 7.09. The van der Waals surface area contributed by atoms with E-state index in [1.54, 1.807) is 16.8 Å². The van der Waals surface area contributed by atoms with E-state index in [1.807, 2.05) is 36.4 Å². The summed E-state index contributed by atoms with van der Waals surface area (Å²) in [7, 11) is 0. The van der Waals surface area contributed by atoms with E-state index >= 15 is 0 Å². The topological polar surface area (TPSA) is 68.9 Å². The van der Waals surface area contributed by atoms with Crippen molar-refractivity contribution in [2.75, 3.05) is 6.54 Å². The van der Waals surface area contributed by atoms with Gasteiger partial charge in [0.2, 0.25) is 5.91 Å². The molecule has 144 valence electrons. The lowest BCUT2D eigenvalue weighted by atomic mass is 9.97. The zero-order valence-corrected chi connectivity index (χ0v) is 15.8. The molecule has 0 unspecified atom stereocenters. The number of hydrogen-bond acceptors (Lipinski definition) is 3. The molecule has 0 atom stereocenters. The van der Waals surface area contributed by atoms with Crippen LogP contribution in [0.25, 0.3) is 16.9 Å². The van der Waals surface area contributed by atoms with Crippen molar-refractivity contribution >= 4 is 17.1 Å². The Kier molecular flexibility index (Phi) is 5.37. The number of fused-ring (bicyclic) bond motifs is 1. The monoisotopic (exact) mass is 376 g/mol. The molecule has 0 radical (unpaired) electrons. The number of carbonyl (C=O) groups is 1. The minimum absolute atomic E-state index is 0.0140. The normalized spacial score (nSPS) is 14.1. The van der Waals surface area contributed by atoms with Crippen LogP contribution in [0.15, 0.2) is 65.1 Å². The molecule has 1 N–H and O–H groups in total. The predicted octanol–water partition coefficient (Wildman–Crippen LogP) is 3.19. The van der Waals surface area contributed by atoms with Crippen molar-refractivity contribution in [3.63, 3.8) is 0 Å². The Hall–Kier alpha value is -3.15. The van der Waals surface area contributed by atoms with E-state index in [4.69, 9.17) is 0 Å². The third-order valence-electron chi connectivity index (χ3n) is 5.16. The highest BCUT2D eigenvalue weighted by Gasteiger charge is 2.17. The number of benzene rings is 1. The molecular weight excluding hydrogens is 352 g/mol. The van der Waals surface area contributed by atoms with Gasteiger partial charge in [-0.2, -0.15) is 0 Å². The van der Waals surface area contributed by atoms with Crippen molar-refractivity contribution in [2.24, 2.45) is 0 Å². The lowest BCUT2D eigenvalue weighted by Gasteiger charge is -2.13. The molecule has 0 saturated carbocycles. The van der Waals surface area contributed by atoms with Crippen LogP contribution in [-0.2, 0) is 11.3 Å². The van der Waals surface area contributed by atoms with Crippen molar-refractivity contribution in [1.82, 2.24) is 19.4 Å². The summed E-state index contributed by atoms with van der Waals surface area (Å²) in [5.74, 6) is -0.158. The molecule has 28 heavy (non-hydrogen) atoms. The van der Waals surface area contributed by atoms with Crippen molar-refractivity contribution < 1.29 is 4.79 Å². The van der Waals surface area contributed by atoms with Gasteiger partial charge < -0.3 is 5.32 Å². The van der Waals surface area contributed by atoms with Crippen LogP contribution in [0.1, 0.15) is 32.1 Å². The van der Waals surface area contributed by atoms with Crippen LogP contribution in [0.5, 0.6) is 0 Å².